The summed E-state index contributed by atoms with van der Waals surface area (Å²) in [6, 6.07) is 2.72. The first-order valence-electron chi connectivity index (χ1n) is 9.64. The maximum Gasteiger partial charge on any atom is 0.223 e. The van der Waals surface area contributed by atoms with Crippen molar-refractivity contribution in [2.45, 2.75) is 63.6 Å². The summed E-state index contributed by atoms with van der Waals surface area (Å²) in [6.07, 6.45) is 8.36. The predicted molar refractivity (Wildman–Crippen MR) is 104 cm³/mol. The molecule has 2 aromatic rings. The summed E-state index contributed by atoms with van der Waals surface area (Å²) in [5.41, 5.74) is 2.44. The van der Waals surface area contributed by atoms with Crippen LogP contribution in [0.3, 0.4) is 0 Å². The minimum Gasteiger partial charge on any atom is -0.484 e. The van der Waals surface area contributed by atoms with Gasteiger partial charge >= 0.3 is 0 Å². The van der Waals surface area contributed by atoms with Crippen molar-refractivity contribution in [3.8, 4) is 5.75 Å². The second-order valence-electron chi connectivity index (χ2n) is 8.22. The number of nitrogens with one attached hydrogen (secondary N) is 1. The summed E-state index contributed by atoms with van der Waals surface area (Å²) < 4.78 is 6.43. The zero-order valence-corrected chi connectivity index (χ0v) is 16.5. The van der Waals surface area contributed by atoms with E-state index in [2.05, 4.69) is 33.2 Å². The number of fused-ring (bicyclic) bond motifs is 1. The Morgan fingerprint density at radius 1 is 1.41 bits per heavy atom. The Balaban J connectivity index is 1.28. The third kappa shape index (κ3) is 3.34. The van der Waals surface area contributed by atoms with Gasteiger partial charge in [-0.2, -0.15) is 0 Å². The van der Waals surface area contributed by atoms with Crippen LogP contribution in [-0.4, -0.2) is 39.0 Å². The van der Waals surface area contributed by atoms with E-state index in [1.54, 1.807) is 11.3 Å². The molecule has 4 heterocycles. The fourth-order valence-corrected chi connectivity index (χ4v) is 5.30. The van der Waals surface area contributed by atoms with Crippen LogP contribution in [0.4, 0.5) is 5.13 Å². The molecule has 1 spiro atoms. The number of carbonyl (C=O) groups excluding carboxylic acids is 1. The van der Waals surface area contributed by atoms with Gasteiger partial charge in [0, 0.05) is 67.1 Å². The third-order valence-electron chi connectivity index (χ3n) is 5.78. The Labute approximate surface area is 163 Å². The lowest BCUT2D eigenvalue weighted by atomic mass is 9.94. The number of rotatable bonds is 4. The first-order valence-corrected chi connectivity index (χ1v) is 10.5. The lowest BCUT2D eigenvalue weighted by Gasteiger charge is -2.23. The molecule has 142 valence electrons. The minimum atomic E-state index is -0.128. The van der Waals surface area contributed by atoms with Gasteiger partial charge in [0.2, 0.25) is 5.91 Å². The van der Waals surface area contributed by atoms with E-state index in [0.717, 1.165) is 36.6 Å². The quantitative estimate of drug-likeness (QED) is 0.876. The number of nitrogens with zero attached hydrogens (tertiary/aromatic N) is 3. The molecule has 2 atom stereocenters. The van der Waals surface area contributed by atoms with Gasteiger partial charge in [0.25, 0.3) is 0 Å². The molecule has 7 heteroatoms. The van der Waals surface area contributed by atoms with Crippen molar-refractivity contribution < 1.29 is 9.53 Å². The van der Waals surface area contributed by atoms with Crippen molar-refractivity contribution in [3.05, 3.63) is 34.6 Å². The highest BCUT2D eigenvalue weighted by Gasteiger charge is 2.48. The molecule has 1 saturated carbocycles. The van der Waals surface area contributed by atoms with Gasteiger partial charge in [-0.25, -0.2) is 4.98 Å². The number of hydrogen-bond acceptors (Lipinski definition) is 6. The van der Waals surface area contributed by atoms with Crippen LogP contribution in [0.15, 0.2) is 18.5 Å². The third-order valence-corrected chi connectivity index (χ3v) is 6.68. The number of anilines is 1. The number of pyridine rings is 1. The number of carbonyl (C=O) groups is 1. The average Bonchev–Trinajstić information content (AvgIpc) is 3.18. The molecule has 1 saturated heterocycles. The lowest BCUT2D eigenvalue weighted by molar-refractivity contribution is -0.114. The Morgan fingerprint density at radius 2 is 2.26 bits per heavy atom. The predicted octanol–water partition coefficient (Wildman–Crippen LogP) is 3.34. The normalized spacial score (nSPS) is 27.0. The van der Waals surface area contributed by atoms with Crippen molar-refractivity contribution in [2.24, 2.45) is 0 Å². The SMILES string of the molecule is CC(=O)Nc1ncc(CN2C[C@@]3(Cc4cc(C5CC5)ncc4O3)C[C@@H]2C)s1. The van der Waals surface area contributed by atoms with Crippen molar-refractivity contribution in [1.82, 2.24) is 14.9 Å². The maximum absolute atomic E-state index is 11.2. The van der Waals surface area contributed by atoms with Crippen LogP contribution < -0.4 is 10.1 Å². The molecule has 6 nitrogen and oxygen atoms in total. The van der Waals surface area contributed by atoms with E-state index in [4.69, 9.17) is 4.74 Å². The number of thiazole rings is 1. The van der Waals surface area contributed by atoms with Gasteiger partial charge < -0.3 is 10.1 Å². The highest BCUT2D eigenvalue weighted by atomic mass is 32.1. The maximum atomic E-state index is 11.2. The topological polar surface area (TPSA) is 67.4 Å². The summed E-state index contributed by atoms with van der Waals surface area (Å²) >= 11 is 1.54. The molecule has 2 aromatic heterocycles. The molecule has 2 aliphatic heterocycles. The number of ether oxygens (including phenoxy) is 1. The van der Waals surface area contributed by atoms with Crippen LogP contribution in [0.2, 0.25) is 0 Å². The molecule has 27 heavy (non-hydrogen) atoms. The molecule has 1 N–H and O–H groups in total. The first kappa shape index (κ1) is 17.1. The summed E-state index contributed by atoms with van der Waals surface area (Å²) in [5, 5.41) is 3.43. The summed E-state index contributed by atoms with van der Waals surface area (Å²) in [5.74, 6) is 1.56. The number of hydrogen-bond donors (Lipinski definition) is 1. The largest absolute Gasteiger partial charge is 0.484 e. The highest BCUT2D eigenvalue weighted by molar-refractivity contribution is 7.15. The molecular formula is C20H24N4O2S. The van der Waals surface area contributed by atoms with Gasteiger partial charge in [-0.05, 0) is 25.8 Å². The van der Waals surface area contributed by atoms with Crippen LogP contribution in [-0.2, 0) is 17.8 Å². The molecular weight excluding hydrogens is 360 g/mol. The fourth-order valence-electron chi connectivity index (χ4n) is 4.41. The van der Waals surface area contributed by atoms with Gasteiger partial charge in [-0.3, -0.25) is 14.7 Å². The highest BCUT2D eigenvalue weighted by Crippen LogP contribution is 2.45. The van der Waals surface area contributed by atoms with Crippen LogP contribution >= 0.6 is 11.3 Å². The van der Waals surface area contributed by atoms with E-state index in [0.29, 0.717) is 17.1 Å². The Morgan fingerprint density at radius 3 is 3.04 bits per heavy atom. The molecule has 0 bridgehead atoms. The zero-order valence-electron chi connectivity index (χ0n) is 15.7. The number of aromatic nitrogens is 2. The second-order valence-corrected chi connectivity index (χ2v) is 9.34. The van der Waals surface area contributed by atoms with E-state index in [1.807, 2.05) is 12.4 Å². The first-order chi connectivity index (χ1) is 13.0. The van der Waals surface area contributed by atoms with Gasteiger partial charge in [0.05, 0.1) is 6.20 Å². The summed E-state index contributed by atoms with van der Waals surface area (Å²) in [7, 11) is 0. The standard InChI is InChI=1S/C20H24N4O2S/c1-12-6-20(7-15-5-17(14-3-4-14)21-9-18(15)26-20)11-24(12)10-16-8-22-19(27-16)23-13(2)25/h5,8-9,12,14H,3-4,6-7,10-11H2,1-2H3,(H,22,23,25)/t12-,20-/m0/s1. The average molecular weight is 385 g/mol. The summed E-state index contributed by atoms with van der Waals surface area (Å²) in [6.45, 7) is 5.52. The molecule has 0 unspecified atom stereocenters. The lowest BCUT2D eigenvalue weighted by Crippen LogP contribution is -2.37. The minimum absolute atomic E-state index is 0.0827. The number of amides is 1. The molecule has 1 aliphatic carbocycles. The van der Waals surface area contributed by atoms with E-state index >= 15 is 0 Å². The van der Waals surface area contributed by atoms with Crippen molar-refractivity contribution in [2.75, 3.05) is 11.9 Å². The van der Waals surface area contributed by atoms with Gasteiger partial charge in [0.1, 0.15) is 11.4 Å². The Hall–Kier alpha value is -1.99. The fraction of sp³-hybridized carbons (Fsp3) is 0.550. The van der Waals surface area contributed by atoms with Crippen LogP contribution in [0, 0.1) is 0 Å². The van der Waals surface area contributed by atoms with Crippen molar-refractivity contribution in [3.63, 3.8) is 0 Å². The van der Waals surface area contributed by atoms with Gasteiger partial charge in [0.15, 0.2) is 5.13 Å². The summed E-state index contributed by atoms with van der Waals surface area (Å²) in [4.78, 5) is 23.7. The molecule has 3 aliphatic rings. The number of likely N-dealkylation sites (tertiary alicyclic amines) is 1. The smallest absolute Gasteiger partial charge is 0.223 e. The Bertz CT molecular complexity index is 894. The van der Waals surface area contributed by atoms with Crippen LogP contribution in [0.1, 0.15) is 55.2 Å². The molecule has 5 rings (SSSR count). The zero-order chi connectivity index (χ0) is 18.6. The van der Waals surface area contributed by atoms with E-state index in [1.165, 1.54) is 31.0 Å². The Kier molecular flexibility index (Phi) is 3.98. The van der Waals surface area contributed by atoms with E-state index in [-0.39, 0.29) is 11.5 Å². The molecule has 2 fully saturated rings. The monoisotopic (exact) mass is 384 g/mol. The van der Waals surface area contributed by atoms with Crippen LogP contribution in [0.5, 0.6) is 5.75 Å². The van der Waals surface area contributed by atoms with E-state index < -0.39 is 0 Å². The van der Waals surface area contributed by atoms with Crippen molar-refractivity contribution in [1.29, 1.82) is 0 Å². The molecule has 0 aromatic carbocycles. The van der Waals surface area contributed by atoms with Crippen LogP contribution in [0.25, 0.3) is 0 Å². The van der Waals surface area contributed by atoms with Gasteiger partial charge in [-0.15, -0.1) is 11.3 Å². The molecule has 0 radical (unpaired) electrons. The molecule has 1 amide bonds. The van der Waals surface area contributed by atoms with E-state index in [9.17, 15) is 4.79 Å². The second kappa shape index (κ2) is 6.27. The van der Waals surface area contributed by atoms with Crippen molar-refractivity contribution >= 4 is 22.4 Å². The van der Waals surface area contributed by atoms with Gasteiger partial charge in [-0.1, -0.05) is 0 Å².